The molecule has 1 atom stereocenters. The average Bonchev–Trinajstić information content (AvgIpc) is 2.43. The molecule has 1 fully saturated rings. The summed E-state index contributed by atoms with van der Waals surface area (Å²) in [6.07, 6.45) is 3.27. The summed E-state index contributed by atoms with van der Waals surface area (Å²) in [6, 6.07) is 0. The van der Waals surface area contributed by atoms with Gasteiger partial charge in [-0.1, -0.05) is 12.8 Å². The normalized spacial score (nSPS) is 22.1. The number of aliphatic hydroxyl groups is 1. The van der Waals surface area contributed by atoms with Crippen LogP contribution in [0.4, 0.5) is 0 Å². The van der Waals surface area contributed by atoms with Crippen molar-refractivity contribution >= 4 is 10.2 Å². The van der Waals surface area contributed by atoms with E-state index in [2.05, 4.69) is 4.72 Å². The Morgan fingerprint density at radius 2 is 1.65 bits per heavy atom. The number of rotatable bonds is 4. The largest absolute Gasteiger partial charge is 0.391 e. The molecular formula is C11H24N2O3S. The van der Waals surface area contributed by atoms with Gasteiger partial charge >= 0.3 is 0 Å². The number of nitrogens with zero attached hydrogens (tertiary/aromatic N) is 1. The lowest BCUT2D eigenvalue weighted by Gasteiger charge is -2.32. The first kappa shape index (κ1) is 14.9. The lowest BCUT2D eigenvalue weighted by molar-refractivity contribution is 0.110. The van der Waals surface area contributed by atoms with Crippen LogP contribution in [-0.2, 0) is 10.2 Å². The number of hydrogen-bond acceptors (Lipinski definition) is 3. The van der Waals surface area contributed by atoms with Crippen molar-refractivity contribution in [3.8, 4) is 0 Å². The molecule has 0 aliphatic carbocycles. The summed E-state index contributed by atoms with van der Waals surface area (Å²) in [5.41, 5.74) is -0.842. The molecule has 1 saturated heterocycles. The predicted molar refractivity (Wildman–Crippen MR) is 67.9 cm³/mol. The second kappa shape index (κ2) is 5.65. The highest BCUT2D eigenvalue weighted by Gasteiger charge is 2.33. The van der Waals surface area contributed by atoms with E-state index in [1.807, 2.05) is 0 Å². The van der Waals surface area contributed by atoms with Gasteiger partial charge in [0.1, 0.15) is 0 Å². The Labute approximate surface area is 104 Å². The summed E-state index contributed by atoms with van der Waals surface area (Å²) >= 11 is 0. The van der Waals surface area contributed by atoms with Crippen LogP contribution in [0.3, 0.4) is 0 Å². The molecule has 1 heterocycles. The van der Waals surface area contributed by atoms with Gasteiger partial charge in [0.2, 0.25) is 0 Å². The smallest absolute Gasteiger partial charge is 0.280 e. The van der Waals surface area contributed by atoms with E-state index in [9.17, 15) is 13.5 Å². The zero-order chi connectivity index (χ0) is 13.1. The monoisotopic (exact) mass is 264 g/mol. The fourth-order valence-corrected chi connectivity index (χ4v) is 3.47. The zero-order valence-electron chi connectivity index (χ0n) is 10.9. The highest BCUT2D eigenvalue weighted by Crippen LogP contribution is 2.16. The first-order chi connectivity index (χ1) is 7.76. The average molecular weight is 264 g/mol. The van der Waals surface area contributed by atoms with Crippen LogP contribution in [0, 0.1) is 0 Å². The molecular weight excluding hydrogens is 240 g/mol. The van der Waals surface area contributed by atoms with Gasteiger partial charge in [0.25, 0.3) is 10.2 Å². The zero-order valence-corrected chi connectivity index (χ0v) is 11.8. The highest BCUT2D eigenvalue weighted by atomic mass is 32.2. The lowest BCUT2D eigenvalue weighted by Crippen LogP contribution is -2.55. The van der Waals surface area contributed by atoms with E-state index in [0.717, 1.165) is 25.7 Å². The standard InChI is InChI=1S/C11H24N2O3S/c1-10(14)11(2,3)12-17(15,16)13-8-6-4-5-7-9-13/h10,12,14H,4-9H2,1-3H3. The molecule has 1 unspecified atom stereocenters. The lowest BCUT2D eigenvalue weighted by atomic mass is 10.0. The summed E-state index contributed by atoms with van der Waals surface area (Å²) in [6.45, 7) is 6.11. The van der Waals surface area contributed by atoms with Crippen molar-refractivity contribution in [2.45, 2.75) is 58.1 Å². The predicted octanol–water partition coefficient (Wildman–Crippen LogP) is 0.856. The van der Waals surface area contributed by atoms with Crippen molar-refractivity contribution in [3.63, 3.8) is 0 Å². The fourth-order valence-electron chi connectivity index (χ4n) is 1.76. The van der Waals surface area contributed by atoms with Crippen LogP contribution < -0.4 is 4.72 Å². The summed E-state index contributed by atoms with van der Waals surface area (Å²) in [5.74, 6) is 0. The minimum Gasteiger partial charge on any atom is -0.391 e. The van der Waals surface area contributed by atoms with Crippen LogP contribution in [0.5, 0.6) is 0 Å². The molecule has 0 aromatic carbocycles. The van der Waals surface area contributed by atoms with Crippen molar-refractivity contribution in [2.24, 2.45) is 0 Å². The van der Waals surface area contributed by atoms with Crippen LogP contribution >= 0.6 is 0 Å². The van der Waals surface area contributed by atoms with Crippen LogP contribution in [0.1, 0.15) is 46.5 Å². The minimum atomic E-state index is -3.49. The SMILES string of the molecule is CC(O)C(C)(C)NS(=O)(=O)N1CCCCCC1. The van der Waals surface area contributed by atoms with E-state index in [-0.39, 0.29) is 0 Å². The van der Waals surface area contributed by atoms with Crippen molar-refractivity contribution in [2.75, 3.05) is 13.1 Å². The van der Waals surface area contributed by atoms with E-state index >= 15 is 0 Å². The first-order valence-electron chi connectivity index (χ1n) is 6.23. The van der Waals surface area contributed by atoms with E-state index in [0.29, 0.717) is 13.1 Å². The van der Waals surface area contributed by atoms with Gasteiger partial charge in [0.15, 0.2) is 0 Å². The molecule has 102 valence electrons. The summed E-state index contributed by atoms with van der Waals surface area (Å²) in [5, 5.41) is 9.55. The first-order valence-corrected chi connectivity index (χ1v) is 7.67. The maximum absolute atomic E-state index is 12.2. The molecule has 0 aromatic rings. The maximum atomic E-state index is 12.2. The van der Waals surface area contributed by atoms with Crippen molar-refractivity contribution in [1.82, 2.24) is 9.03 Å². The second-order valence-electron chi connectivity index (χ2n) is 5.32. The molecule has 2 N–H and O–H groups in total. The van der Waals surface area contributed by atoms with Crippen LogP contribution in [-0.4, -0.2) is 42.6 Å². The van der Waals surface area contributed by atoms with Crippen molar-refractivity contribution in [1.29, 1.82) is 0 Å². The number of hydrogen-bond donors (Lipinski definition) is 2. The molecule has 1 aliphatic heterocycles. The number of aliphatic hydroxyl groups excluding tert-OH is 1. The van der Waals surface area contributed by atoms with Gasteiger partial charge in [0.05, 0.1) is 11.6 Å². The molecule has 6 heteroatoms. The quantitative estimate of drug-likeness (QED) is 0.791. The number of nitrogens with one attached hydrogen (secondary N) is 1. The van der Waals surface area contributed by atoms with Gasteiger partial charge in [-0.2, -0.15) is 17.4 Å². The third kappa shape index (κ3) is 4.21. The van der Waals surface area contributed by atoms with E-state index < -0.39 is 21.9 Å². The molecule has 0 saturated carbocycles. The third-order valence-electron chi connectivity index (χ3n) is 3.34. The summed E-state index contributed by atoms with van der Waals surface area (Å²) < 4.78 is 28.4. The Morgan fingerprint density at radius 3 is 2.06 bits per heavy atom. The van der Waals surface area contributed by atoms with Crippen LogP contribution in [0.25, 0.3) is 0 Å². The Hall–Kier alpha value is -0.170. The Balaban J connectivity index is 2.73. The van der Waals surface area contributed by atoms with E-state index in [1.165, 1.54) is 4.31 Å². The van der Waals surface area contributed by atoms with Crippen LogP contribution in [0.15, 0.2) is 0 Å². The molecule has 1 rings (SSSR count). The topological polar surface area (TPSA) is 69.6 Å². The van der Waals surface area contributed by atoms with Gasteiger partial charge in [-0.15, -0.1) is 0 Å². The fraction of sp³-hybridized carbons (Fsp3) is 1.00. The van der Waals surface area contributed by atoms with Crippen molar-refractivity contribution in [3.05, 3.63) is 0 Å². The van der Waals surface area contributed by atoms with Crippen molar-refractivity contribution < 1.29 is 13.5 Å². The molecule has 0 amide bonds. The molecule has 5 nitrogen and oxygen atoms in total. The Morgan fingerprint density at radius 1 is 1.18 bits per heavy atom. The minimum absolute atomic E-state index is 0.575. The molecule has 1 aliphatic rings. The third-order valence-corrected chi connectivity index (χ3v) is 5.17. The second-order valence-corrected chi connectivity index (χ2v) is 6.99. The Kier molecular flexibility index (Phi) is 4.95. The van der Waals surface area contributed by atoms with Crippen LogP contribution in [0.2, 0.25) is 0 Å². The molecule has 0 aromatic heterocycles. The van der Waals surface area contributed by atoms with E-state index in [4.69, 9.17) is 0 Å². The molecule has 0 spiro atoms. The van der Waals surface area contributed by atoms with Gasteiger partial charge < -0.3 is 5.11 Å². The van der Waals surface area contributed by atoms with Gasteiger partial charge in [0, 0.05) is 13.1 Å². The maximum Gasteiger partial charge on any atom is 0.280 e. The molecule has 0 radical (unpaired) electrons. The summed E-state index contributed by atoms with van der Waals surface area (Å²) in [4.78, 5) is 0. The van der Waals surface area contributed by atoms with Gasteiger partial charge in [-0.25, -0.2) is 0 Å². The Bertz CT molecular complexity index is 331. The molecule has 0 bridgehead atoms. The molecule has 17 heavy (non-hydrogen) atoms. The van der Waals surface area contributed by atoms with E-state index in [1.54, 1.807) is 20.8 Å². The summed E-state index contributed by atoms with van der Waals surface area (Å²) in [7, 11) is -3.49. The van der Waals surface area contributed by atoms with Gasteiger partial charge in [-0.05, 0) is 33.6 Å². The highest BCUT2D eigenvalue weighted by molar-refractivity contribution is 7.87. The van der Waals surface area contributed by atoms with Gasteiger partial charge in [-0.3, -0.25) is 0 Å².